The summed E-state index contributed by atoms with van der Waals surface area (Å²) >= 11 is 0. The third-order valence-corrected chi connectivity index (χ3v) is 11.0. The number of fused-ring (bicyclic) bond motifs is 6. The van der Waals surface area contributed by atoms with Crippen molar-refractivity contribution in [2.75, 3.05) is 4.90 Å². The zero-order valence-corrected chi connectivity index (χ0v) is 31.0. The summed E-state index contributed by atoms with van der Waals surface area (Å²) in [7, 11) is 0. The van der Waals surface area contributed by atoms with Gasteiger partial charge in [0.25, 0.3) is 0 Å². The maximum absolute atomic E-state index is 6.41. The van der Waals surface area contributed by atoms with Crippen LogP contribution >= 0.6 is 0 Å². The zero-order valence-electron chi connectivity index (χ0n) is 31.0. The van der Waals surface area contributed by atoms with Gasteiger partial charge in [0.15, 0.2) is 5.58 Å². The molecule has 0 amide bonds. The van der Waals surface area contributed by atoms with Crippen LogP contribution in [0.15, 0.2) is 217 Å². The smallest absolute Gasteiger partial charge is 0.227 e. The van der Waals surface area contributed by atoms with Crippen molar-refractivity contribution in [2.45, 2.75) is 0 Å². The average molecular weight is 730 g/mol. The van der Waals surface area contributed by atoms with Gasteiger partial charge in [-0.15, -0.1) is 0 Å². The standard InChI is InChI=1S/C53H35N3O/c1-3-14-36(15-4-1)43-18-7-10-23-49(43)55(40-30-32-41(33-31-40)56-50-24-11-8-19-45(50)46-20-9-12-25-51(46)56)39-28-26-37(27-29-39)42-21-13-22-47-44(42)34-35-48-52(47)57-53(54-48)38-16-5-2-6-17-38/h1-35H. The molecule has 0 radical (unpaired) electrons. The molecule has 0 aliphatic carbocycles. The molecule has 57 heavy (non-hydrogen) atoms. The molecule has 0 N–H and O–H groups in total. The number of anilines is 3. The number of nitrogens with zero attached hydrogens (tertiary/aromatic N) is 3. The van der Waals surface area contributed by atoms with Gasteiger partial charge in [-0.3, -0.25) is 0 Å². The molecule has 2 aromatic heterocycles. The fraction of sp³-hybridized carbons (Fsp3) is 0. The number of hydrogen-bond donors (Lipinski definition) is 0. The van der Waals surface area contributed by atoms with E-state index in [0.717, 1.165) is 66.9 Å². The summed E-state index contributed by atoms with van der Waals surface area (Å²) in [6.45, 7) is 0. The summed E-state index contributed by atoms with van der Waals surface area (Å²) < 4.78 is 8.78. The molecule has 0 aliphatic rings. The van der Waals surface area contributed by atoms with E-state index >= 15 is 0 Å². The predicted molar refractivity (Wildman–Crippen MR) is 237 cm³/mol. The summed E-state index contributed by atoms with van der Waals surface area (Å²) in [4.78, 5) is 7.20. The molecule has 268 valence electrons. The second-order valence-corrected chi connectivity index (χ2v) is 14.4. The van der Waals surface area contributed by atoms with Crippen molar-refractivity contribution in [1.82, 2.24) is 9.55 Å². The Morgan fingerprint density at radius 2 is 0.930 bits per heavy atom. The highest BCUT2D eigenvalue weighted by molar-refractivity contribution is 6.10. The average Bonchev–Trinajstić information content (AvgIpc) is 3.88. The van der Waals surface area contributed by atoms with E-state index in [-0.39, 0.29) is 0 Å². The lowest BCUT2D eigenvalue weighted by Gasteiger charge is -2.28. The highest BCUT2D eigenvalue weighted by atomic mass is 16.3. The van der Waals surface area contributed by atoms with Gasteiger partial charge in [0.2, 0.25) is 5.89 Å². The number of oxazole rings is 1. The lowest BCUT2D eigenvalue weighted by Crippen LogP contribution is -2.11. The van der Waals surface area contributed by atoms with Crippen LogP contribution in [0.5, 0.6) is 0 Å². The summed E-state index contributed by atoms with van der Waals surface area (Å²) in [5.74, 6) is 0.631. The number of aromatic nitrogens is 2. The summed E-state index contributed by atoms with van der Waals surface area (Å²) in [6.07, 6.45) is 0. The van der Waals surface area contributed by atoms with Crippen LogP contribution in [-0.2, 0) is 0 Å². The largest absolute Gasteiger partial charge is 0.435 e. The van der Waals surface area contributed by atoms with E-state index in [1.807, 2.05) is 30.3 Å². The Labute approximate surface area is 330 Å². The Morgan fingerprint density at radius 1 is 0.386 bits per heavy atom. The zero-order chi connectivity index (χ0) is 37.7. The molecule has 0 saturated heterocycles. The van der Waals surface area contributed by atoms with Crippen molar-refractivity contribution >= 4 is 60.7 Å². The van der Waals surface area contributed by atoms with Crippen LogP contribution in [0.25, 0.3) is 83.1 Å². The Hall–Kier alpha value is -7.69. The van der Waals surface area contributed by atoms with Gasteiger partial charge in [0.1, 0.15) is 5.52 Å². The lowest BCUT2D eigenvalue weighted by molar-refractivity contribution is 0.623. The molecule has 0 saturated carbocycles. The maximum Gasteiger partial charge on any atom is 0.227 e. The molecule has 0 aliphatic heterocycles. The van der Waals surface area contributed by atoms with E-state index in [0.29, 0.717) is 5.89 Å². The van der Waals surface area contributed by atoms with Gasteiger partial charge in [-0.25, -0.2) is 4.98 Å². The SMILES string of the molecule is c1ccc(-c2nc3ccc4c(-c5ccc(N(c6ccc(-n7c8ccccc8c8ccccc87)cc6)c6ccccc6-c6ccccc6)cc5)cccc4c3o2)cc1. The van der Waals surface area contributed by atoms with Crippen molar-refractivity contribution < 1.29 is 4.42 Å². The summed E-state index contributed by atoms with van der Waals surface area (Å²) in [5, 5.41) is 4.68. The topological polar surface area (TPSA) is 34.2 Å². The number of benzene rings is 9. The Morgan fingerprint density at radius 3 is 1.63 bits per heavy atom. The first kappa shape index (κ1) is 32.7. The van der Waals surface area contributed by atoms with Crippen molar-refractivity contribution in [3.05, 3.63) is 212 Å². The fourth-order valence-corrected chi connectivity index (χ4v) is 8.40. The van der Waals surface area contributed by atoms with Crippen molar-refractivity contribution in [3.63, 3.8) is 0 Å². The second kappa shape index (κ2) is 13.6. The highest BCUT2D eigenvalue weighted by Gasteiger charge is 2.19. The number of rotatable bonds is 7. The van der Waals surface area contributed by atoms with Gasteiger partial charge in [0, 0.05) is 44.3 Å². The Balaban J connectivity index is 1.02. The van der Waals surface area contributed by atoms with Gasteiger partial charge < -0.3 is 13.9 Å². The Kier molecular flexibility index (Phi) is 7.78. The summed E-state index contributed by atoms with van der Waals surface area (Å²) in [6, 6.07) is 75.2. The molecule has 9 aromatic carbocycles. The van der Waals surface area contributed by atoms with Gasteiger partial charge in [-0.1, -0.05) is 140 Å². The minimum Gasteiger partial charge on any atom is -0.435 e. The molecule has 4 nitrogen and oxygen atoms in total. The molecule has 2 heterocycles. The van der Waals surface area contributed by atoms with Crippen molar-refractivity contribution in [2.24, 2.45) is 0 Å². The van der Waals surface area contributed by atoms with Gasteiger partial charge in [-0.2, -0.15) is 0 Å². The molecule has 0 atom stereocenters. The van der Waals surface area contributed by atoms with Crippen molar-refractivity contribution in [3.8, 4) is 39.4 Å². The molecule has 0 bridgehead atoms. The fourth-order valence-electron chi connectivity index (χ4n) is 8.40. The van der Waals surface area contributed by atoms with E-state index in [4.69, 9.17) is 9.40 Å². The highest BCUT2D eigenvalue weighted by Crippen LogP contribution is 2.43. The van der Waals surface area contributed by atoms with Crippen LogP contribution in [0.1, 0.15) is 0 Å². The molecular weight excluding hydrogens is 695 g/mol. The number of para-hydroxylation sites is 3. The first-order valence-electron chi connectivity index (χ1n) is 19.3. The first-order valence-corrected chi connectivity index (χ1v) is 19.3. The molecular formula is C53H35N3O. The van der Waals surface area contributed by atoms with Crippen LogP contribution in [0.4, 0.5) is 17.1 Å². The Bertz CT molecular complexity index is 3160. The number of hydrogen-bond acceptors (Lipinski definition) is 3. The maximum atomic E-state index is 6.41. The van der Waals surface area contributed by atoms with E-state index in [1.165, 1.54) is 27.4 Å². The van der Waals surface area contributed by atoms with Gasteiger partial charge in [0.05, 0.1) is 16.7 Å². The van der Waals surface area contributed by atoms with Gasteiger partial charge in [-0.05, 0) is 94.9 Å². The van der Waals surface area contributed by atoms with Crippen LogP contribution in [0.3, 0.4) is 0 Å². The van der Waals surface area contributed by atoms with E-state index in [2.05, 4.69) is 191 Å². The van der Waals surface area contributed by atoms with Crippen LogP contribution in [0, 0.1) is 0 Å². The van der Waals surface area contributed by atoms with Crippen molar-refractivity contribution in [1.29, 1.82) is 0 Å². The quantitative estimate of drug-likeness (QED) is 0.164. The normalized spacial score (nSPS) is 11.5. The first-order chi connectivity index (χ1) is 28.3. The summed E-state index contributed by atoms with van der Waals surface area (Å²) in [5.41, 5.74) is 14.0. The van der Waals surface area contributed by atoms with E-state index < -0.39 is 0 Å². The molecule has 0 spiro atoms. The minimum absolute atomic E-state index is 0.631. The minimum atomic E-state index is 0.631. The van der Waals surface area contributed by atoms with Crippen LogP contribution in [0.2, 0.25) is 0 Å². The van der Waals surface area contributed by atoms with Crippen LogP contribution in [-0.4, -0.2) is 9.55 Å². The lowest BCUT2D eigenvalue weighted by atomic mass is 9.97. The molecule has 4 heteroatoms. The van der Waals surface area contributed by atoms with E-state index in [9.17, 15) is 0 Å². The molecule has 11 aromatic rings. The molecule has 0 fully saturated rings. The third kappa shape index (κ3) is 5.58. The van der Waals surface area contributed by atoms with Gasteiger partial charge >= 0.3 is 0 Å². The monoisotopic (exact) mass is 729 g/mol. The third-order valence-electron chi connectivity index (χ3n) is 11.0. The van der Waals surface area contributed by atoms with E-state index in [1.54, 1.807) is 0 Å². The molecule has 11 rings (SSSR count). The van der Waals surface area contributed by atoms with Crippen LogP contribution < -0.4 is 4.90 Å². The predicted octanol–water partition coefficient (Wildman–Crippen LogP) is 14.5. The second-order valence-electron chi connectivity index (χ2n) is 14.4. The molecule has 0 unspecified atom stereocenters.